The Morgan fingerprint density at radius 3 is 2.62 bits per heavy atom. The molecule has 4 heteroatoms. The van der Waals surface area contributed by atoms with Crippen LogP contribution in [0.15, 0.2) is 12.5 Å². The summed E-state index contributed by atoms with van der Waals surface area (Å²) in [5.74, 6) is 0.498. The Kier molecular flexibility index (Phi) is 4.96. The fourth-order valence-corrected chi connectivity index (χ4v) is 1.78. The van der Waals surface area contributed by atoms with Crippen molar-refractivity contribution in [2.24, 2.45) is 11.7 Å². The predicted octanol–water partition coefficient (Wildman–Crippen LogP) is 2.14. The lowest BCUT2D eigenvalue weighted by Gasteiger charge is -2.25. The molecule has 0 bridgehead atoms. The number of hydrogen-bond donors (Lipinski definition) is 1. The minimum Gasteiger partial charge on any atom is -0.380 e. The molecule has 1 heterocycles. The summed E-state index contributed by atoms with van der Waals surface area (Å²) in [6.07, 6.45) is 3.69. The molecule has 2 atom stereocenters. The molecule has 0 saturated carbocycles. The highest BCUT2D eigenvalue weighted by molar-refractivity contribution is 5.05. The van der Waals surface area contributed by atoms with E-state index in [-0.39, 0.29) is 6.04 Å². The average molecular weight is 225 g/mol. The van der Waals surface area contributed by atoms with E-state index in [0.29, 0.717) is 18.6 Å². The van der Waals surface area contributed by atoms with Crippen molar-refractivity contribution in [3.63, 3.8) is 0 Å². The Bertz CT molecular complexity index is 307. The highest BCUT2D eigenvalue weighted by atomic mass is 16.5. The summed E-state index contributed by atoms with van der Waals surface area (Å²) < 4.78 is 7.67. The van der Waals surface area contributed by atoms with Gasteiger partial charge in [-0.3, -0.25) is 0 Å². The molecule has 92 valence electrons. The third-order valence-electron chi connectivity index (χ3n) is 2.78. The lowest BCUT2D eigenvalue weighted by atomic mass is 10.0. The van der Waals surface area contributed by atoms with Crippen molar-refractivity contribution in [2.45, 2.75) is 39.8 Å². The van der Waals surface area contributed by atoms with Crippen molar-refractivity contribution < 1.29 is 4.74 Å². The normalized spacial score (nSPS) is 15.4. The Labute approximate surface area is 97.8 Å². The van der Waals surface area contributed by atoms with E-state index in [1.807, 2.05) is 26.4 Å². The minimum atomic E-state index is 0.00498. The topological polar surface area (TPSA) is 53.1 Å². The van der Waals surface area contributed by atoms with Crippen LogP contribution in [0.4, 0.5) is 0 Å². The number of rotatable bonds is 6. The van der Waals surface area contributed by atoms with E-state index in [0.717, 1.165) is 12.3 Å². The van der Waals surface area contributed by atoms with Gasteiger partial charge in [-0.15, -0.1) is 0 Å². The number of hydrogen-bond acceptors (Lipinski definition) is 3. The van der Waals surface area contributed by atoms with Gasteiger partial charge in [-0.05, 0) is 19.8 Å². The zero-order chi connectivity index (χ0) is 12.1. The van der Waals surface area contributed by atoms with Gasteiger partial charge in [0.15, 0.2) is 0 Å². The highest BCUT2D eigenvalue weighted by Crippen LogP contribution is 2.22. The fraction of sp³-hybridized carbons (Fsp3) is 0.750. The van der Waals surface area contributed by atoms with Gasteiger partial charge in [0.2, 0.25) is 0 Å². The van der Waals surface area contributed by atoms with E-state index in [1.54, 1.807) is 0 Å². The van der Waals surface area contributed by atoms with Gasteiger partial charge in [-0.2, -0.15) is 0 Å². The molecule has 1 rings (SSSR count). The smallest absolute Gasteiger partial charge is 0.0952 e. The first-order chi connectivity index (χ1) is 7.57. The van der Waals surface area contributed by atoms with Crippen molar-refractivity contribution >= 4 is 0 Å². The molecule has 0 aliphatic carbocycles. The third kappa shape index (κ3) is 3.06. The second kappa shape index (κ2) is 6.01. The van der Waals surface area contributed by atoms with E-state index >= 15 is 0 Å². The van der Waals surface area contributed by atoms with Crippen LogP contribution in [0, 0.1) is 5.92 Å². The fourth-order valence-electron chi connectivity index (χ4n) is 1.78. The molecular formula is C12H23N3O. The molecule has 0 radical (unpaired) electrons. The summed E-state index contributed by atoms with van der Waals surface area (Å²) in [5.41, 5.74) is 6.99. The lowest BCUT2D eigenvalue weighted by molar-refractivity contribution is 0.0950. The molecule has 0 amide bonds. The first-order valence-electron chi connectivity index (χ1n) is 5.93. The van der Waals surface area contributed by atoms with Crippen molar-refractivity contribution in [2.75, 3.05) is 13.2 Å². The summed E-state index contributed by atoms with van der Waals surface area (Å²) in [6.45, 7) is 9.82. The Hall–Kier alpha value is -0.870. The zero-order valence-electron chi connectivity index (χ0n) is 10.7. The van der Waals surface area contributed by atoms with Gasteiger partial charge in [0.05, 0.1) is 24.7 Å². The van der Waals surface area contributed by atoms with Crippen molar-refractivity contribution in [3.8, 4) is 0 Å². The molecule has 0 aliphatic heterocycles. The van der Waals surface area contributed by atoms with Crippen molar-refractivity contribution in [1.82, 2.24) is 9.55 Å². The maximum atomic E-state index is 5.92. The average Bonchev–Trinajstić information content (AvgIpc) is 2.66. The van der Waals surface area contributed by atoms with E-state index in [9.17, 15) is 0 Å². The quantitative estimate of drug-likeness (QED) is 0.807. The summed E-state index contributed by atoms with van der Waals surface area (Å²) in [7, 11) is 0. The van der Waals surface area contributed by atoms with E-state index in [2.05, 4.69) is 23.4 Å². The van der Waals surface area contributed by atoms with Crippen molar-refractivity contribution in [3.05, 3.63) is 18.2 Å². The Balaban J connectivity index is 2.87. The zero-order valence-corrected chi connectivity index (χ0v) is 10.7. The van der Waals surface area contributed by atoms with Gasteiger partial charge in [0, 0.05) is 18.8 Å². The molecule has 0 saturated heterocycles. The molecule has 0 spiro atoms. The molecule has 1 aromatic rings. The molecule has 0 aromatic carbocycles. The van der Waals surface area contributed by atoms with Gasteiger partial charge < -0.3 is 15.0 Å². The maximum Gasteiger partial charge on any atom is 0.0952 e. The number of aromatic nitrogens is 2. The standard InChI is InChI=1S/C12H23N3O/c1-5-16-7-12(9(2)3)15-8-14-6-11(15)10(4)13/h6,8-10,12H,5,7,13H2,1-4H3/t10-,12?/m0/s1. The summed E-state index contributed by atoms with van der Waals surface area (Å²) in [5, 5.41) is 0. The minimum absolute atomic E-state index is 0.00498. The van der Waals surface area contributed by atoms with Gasteiger partial charge in [-0.25, -0.2) is 4.98 Å². The van der Waals surface area contributed by atoms with Crippen LogP contribution < -0.4 is 5.73 Å². The predicted molar refractivity (Wildman–Crippen MR) is 65.2 cm³/mol. The van der Waals surface area contributed by atoms with Crippen LogP contribution in [0.5, 0.6) is 0 Å². The van der Waals surface area contributed by atoms with Gasteiger partial charge in [0.1, 0.15) is 0 Å². The largest absolute Gasteiger partial charge is 0.380 e. The molecule has 0 aliphatic rings. The van der Waals surface area contributed by atoms with Crippen LogP contribution in [0.3, 0.4) is 0 Å². The molecule has 16 heavy (non-hydrogen) atoms. The molecule has 2 N–H and O–H groups in total. The van der Waals surface area contributed by atoms with Crippen LogP contribution in [-0.4, -0.2) is 22.8 Å². The molecule has 4 nitrogen and oxygen atoms in total. The molecule has 1 unspecified atom stereocenters. The van der Waals surface area contributed by atoms with Crippen LogP contribution in [-0.2, 0) is 4.74 Å². The lowest BCUT2D eigenvalue weighted by Crippen LogP contribution is -2.24. The van der Waals surface area contributed by atoms with Crippen LogP contribution >= 0.6 is 0 Å². The van der Waals surface area contributed by atoms with E-state index < -0.39 is 0 Å². The van der Waals surface area contributed by atoms with Crippen LogP contribution in [0.25, 0.3) is 0 Å². The van der Waals surface area contributed by atoms with Crippen LogP contribution in [0.2, 0.25) is 0 Å². The number of imidazole rings is 1. The third-order valence-corrected chi connectivity index (χ3v) is 2.78. The highest BCUT2D eigenvalue weighted by Gasteiger charge is 2.19. The number of nitrogens with zero attached hydrogens (tertiary/aromatic N) is 2. The molecular weight excluding hydrogens is 202 g/mol. The first kappa shape index (κ1) is 13.2. The van der Waals surface area contributed by atoms with Crippen LogP contribution in [0.1, 0.15) is 45.5 Å². The molecule has 1 aromatic heterocycles. The SMILES string of the molecule is CCOCC(C(C)C)n1cncc1[C@H](C)N. The first-order valence-corrected chi connectivity index (χ1v) is 5.93. The summed E-state index contributed by atoms with van der Waals surface area (Å²) in [6, 6.07) is 0.314. The Morgan fingerprint density at radius 2 is 2.12 bits per heavy atom. The van der Waals surface area contributed by atoms with Crippen molar-refractivity contribution in [1.29, 1.82) is 0 Å². The number of ether oxygens (including phenoxy) is 1. The van der Waals surface area contributed by atoms with E-state index in [4.69, 9.17) is 10.5 Å². The summed E-state index contributed by atoms with van der Waals surface area (Å²) >= 11 is 0. The molecule has 0 fully saturated rings. The Morgan fingerprint density at radius 1 is 1.44 bits per heavy atom. The number of nitrogens with two attached hydrogens (primary N) is 1. The van der Waals surface area contributed by atoms with Gasteiger partial charge in [-0.1, -0.05) is 13.8 Å². The van der Waals surface area contributed by atoms with Gasteiger partial charge in [0.25, 0.3) is 0 Å². The summed E-state index contributed by atoms with van der Waals surface area (Å²) in [4.78, 5) is 4.18. The van der Waals surface area contributed by atoms with Gasteiger partial charge >= 0.3 is 0 Å². The van der Waals surface area contributed by atoms with E-state index in [1.165, 1.54) is 0 Å². The maximum absolute atomic E-state index is 5.92. The second-order valence-electron chi connectivity index (χ2n) is 4.49. The second-order valence-corrected chi connectivity index (χ2v) is 4.49. The monoisotopic (exact) mass is 225 g/mol.